The van der Waals surface area contributed by atoms with Crippen molar-refractivity contribution < 1.29 is 9.84 Å². The van der Waals surface area contributed by atoms with Crippen LogP contribution in [0.25, 0.3) is 0 Å². The number of hydrogen-bond acceptors (Lipinski definition) is 3. The minimum atomic E-state index is -0.761. The average molecular weight is 249 g/mol. The van der Waals surface area contributed by atoms with Crippen molar-refractivity contribution >= 4 is 0 Å². The highest BCUT2D eigenvalue weighted by atomic mass is 16.5. The Bertz CT molecular complexity index is 399. The number of ether oxygens (including phenoxy) is 1. The van der Waals surface area contributed by atoms with Crippen LogP contribution < -0.4 is 10.1 Å². The van der Waals surface area contributed by atoms with E-state index in [-0.39, 0.29) is 5.41 Å². The Kier molecular flexibility index (Phi) is 3.64. The molecule has 2 rings (SSSR count). The Balaban J connectivity index is 2.28. The van der Waals surface area contributed by atoms with Crippen molar-refractivity contribution in [2.75, 3.05) is 19.7 Å². The summed E-state index contributed by atoms with van der Waals surface area (Å²) in [5.41, 5.74) is 0.0546. The fraction of sp³-hybridized carbons (Fsp3) is 0.600. The van der Waals surface area contributed by atoms with Gasteiger partial charge in [-0.2, -0.15) is 0 Å². The first-order valence-corrected chi connectivity index (χ1v) is 6.66. The smallest absolute Gasteiger partial charge is 0.119 e. The summed E-state index contributed by atoms with van der Waals surface area (Å²) in [6, 6.07) is 7.85. The molecule has 0 aromatic heterocycles. The fourth-order valence-electron chi connectivity index (χ4n) is 2.68. The predicted molar refractivity (Wildman–Crippen MR) is 72.8 cm³/mol. The van der Waals surface area contributed by atoms with E-state index >= 15 is 0 Å². The molecule has 1 unspecified atom stereocenters. The van der Waals surface area contributed by atoms with Crippen LogP contribution >= 0.6 is 0 Å². The van der Waals surface area contributed by atoms with Gasteiger partial charge in [0.05, 0.1) is 12.2 Å². The molecule has 2 N–H and O–H groups in total. The second-order valence-corrected chi connectivity index (χ2v) is 5.63. The van der Waals surface area contributed by atoms with Gasteiger partial charge in [-0.15, -0.1) is 0 Å². The van der Waals surface area contributed by atoms with Gasteiger partial charge in [-0.3, -0.25) is 0 Å². The molecule has 1 heterocycles. The molecule has 1 fully saturated rings. The van der Waals surface area contributed by atoms with Gasteiger partial charge in [0.25, 0.3) is 0 Å². The third-order valence-corrected chi connectivity index (χ3v) is 3.99. The SMILES string of the molecule is CCOc1ccc(C2(O)CCNCC2(C)C)cc1. The second kappa shape index (κ2) is 4.90. The van der Waals surface area contributed by atoms with Crippen LogP contribution in [0.3, 0.4) is 0 Å². The van der Waals surface area contributed by atoms with E-state index in [1.807, 2.05) is 31.2 Å². The zero-order valence-corrected chi connectivity index (χ0v) is 11.5. The summed E-state index contributed by atoms with van der Waals surface area (Å²) in [5.74, 6) is 0.858. The van der Waals surface area contributed by atoms with Crippen molar-refractivity contribution in [3.05, 3.63) is 29.8 Å². The summed E-state index contributed by atoms with van der Waals surface area (Å²) in [6.07, 6.45) is 0.744. The molecule has 1 aliphatic heterocycles. The van der Waals surface area contributed by atoms with Gasteiger partial charge >= 0.3 is 0 Å². The predicted octanol–water partition coefficient (Wildman–Crippen LogP) is 2.29. The summed E-state index contributed by atoms with van der Waals surface area (Å²) >= 11 is 0. The highest BCUT2D eigenvalue weighted by Crippen LogP contribution is 2.44. The normalized spacial score (nSPS) is 26.9. The summed E-state index contributed by atoms with van der Waals surface area (Å²) in [6.45, 7) is 8.53. The maximum Gasteiger partial charge on any atom is 0.119 e. The van der Waals surface area contributed by atoms with Crippen LogP contribution in [0, 0.1) is 5.41 Å². The molecule has 1 aromatic rings. The molecule has 1 saturated heterocycles. The van der Waals surface area contributed by atoms with Crippen molar-refractivity contribution in [3.63, 3.8) is 0 Å². The minimum absolute atomic E-state index is 0.168. The third-order valence-electron chi connectivity index (χ3n) is 3.99. The molecular formula is C15H23NO2. The molecule has 0 amide bonds. The molecule has 100 valence electrons. The van der Waals surface area contributed by atoms with Crippen LogP contribution in [0.2, 0.25) is 0 Å². The van der Waals surface area contributed by atoms with Crippen molar-refractivity contribution in [1.29, 1.82) is 0 Å². The summed E-state index contributed by atoms with van der Waals surface area (Å²) < 4.78 is 5.44. The summed E-state index contributed by atoms with van der Waals surface area (Å²) in [5, 5.41) is 14.4. The molecular weight excluding hydrogens is 226 g/mol. The second-order valence-electron chi connectivity index (χ2n) is 5.63. The minimum Gasteiger partial charge on any atom is -0.494 e. The first-order chi connectivity index (χ1) is 8.49. The van der Waals surface area contributed by atoms with Gasteiger partial charge in [-0.25, -0.2) is 0 Å². The summed E-state index contributed by atoms with van der Waals surface area (Å²) in [7, 11) is 0. The van der Waals surface area contributed by atoms with Crippen LogP contribution in [-0.4, -0.2) is 24.8 Å². The molecule has 0 spiro atoms. The number of rotatable bonds is 3. The topological polar surface area (TPSA) is 41.5 Å². The van der Waals surface area contributed by atoms with Gasteiger partial charge in [0.2, 0.25) is 0 Å². The Morgan fingerprint density at radius 3 is 2.50 bits per heavy atom. The Morgan fingerprint density at radius 1 is 1.28 bits per heavy atom. The van der Waals surface area contributed by atoms with Crippen molar-refractivity contribution in [2.24, 2.45) is 5.41 Å². The lowest BCUT2D eigenvalue weighted by Gasteiger charge is -2.47. The molecule has 18 heavy (non-hydrogen) atoms. The molecule has 0 aliphatic carbocycles. The van der Waals surface area contributed by atoms with Crippen LogP contribution in [0.5, 0.6) is 5.75 Å². The Hall–Kier alpha value is -1.06. The molecule has 0 saturated carbocycles. The van der Waals surface area contributed by atoms with E-state index in [0.29, 0.717) is 6.61 Å². The third kappa shape index (κ3) is 2.25. The van der Waals surface area contributed by atoms with E-state index in [1.54, 1.807) is 0 Å². The first-order valence-electron chi connectivity index (χ1n) is 6.66. The Labute approximate surface area is 109 Å². The van der Waals surface area contributed by atoms with E-state index < -0.39 is 5.60 Å². The monoisotopic (exact) mass is 249 g/mol. The fourth-order valence-corrected chi connectivity index (χ4v) is 2.68. The standard InChI is InChI=1S/C15H23NO2/c1-4-18-13-7-5-12(6-8-13)15(17)9-10-16-11-14(15,2)3/h5-8,16-17H,4,9-11H2,1-3H3. The molecule has 0 radical (unpaired) electrons. The lowest BCUT2D eigenvalue weighted by molar-refractivity contribution is -0.0944. The van der Waals surface area contributed by atoms with Crippen molar-refractivity contribution in [3.8, 4) is 5.75 Å². The van der Waals surface area contributed by atoms with E-state index in [1.165, 1.54) is 0 Å². The van der Waals surface area contributed by atoms with Gasteiger partial charge in [-0.1, -0.05) is 26.0 Å². The van der Waals surface area contributed by atoms with Gasteiger partial charge in [-0.05, 0) is 37.6 Å². The molecule has 1 atom stereocenters. The Morgan fingerprint density at radius 2 is 1.94 bits per heavy atom. The zero-order valence-electron chi connectivity index (χ0n) is 11.5. The van der Waals surface area contributed by atoms with Crippen LogP contribution in [0.15, 0.2) is 24.3 Å². The number of piperidine rings is 1. The number of nitrogens with one attached hydrogen (secondary N) is 1. The van der Waals surface area contributed by atoms with Gasteiger partial charge in [0.15, 0.2) is 0 Å². The van der Waals surface area contributed by atoms with Crippen molar-refractivity contribution in [2.45, 2.75) is 32.8 Å². The average Bonchev–Trinajstić information content (AvgIpc) is 2.34. The van der Waals surface area contributed by atoms with E-state index in [4.69, 9.17) is 4.74 Å². The largest absolute Gasteiger partial charge is 0.494 e. The van der Waals surface area contributed by atoms with E-state index in [9.17, 15) is 5.11 Å². The van der Waals surface area contributed by atoms with Crippen LogP contribution in [-0.2, 0) is 5.60 Å². The maximum absolute atomic E-state index is 11.0. The number of aliphatic hydroxyl groups is 1. The lowest BCUT2D eigenvalue weighted by Crippen LogP contribution is -2.53. The molecule has 3 heteroatoms. The highest BCUT2D eigenvalue weighted by molar-refractivity contribution is 5.32. The van der Waals surface area contributed by atoms with Gasteiger partial charge in [0.1, 0.15) is 5.75 Å². The van der Waals surface area contributed by atoms with Crippen molar-refractivity contribution in [1.82, 2.24) is 5.32 Å². The van der Waals surface area contributed by atoms with Gasteiger partial charge < -0.3 is 15.2 Å². The molecule has 0 bridgehead atoms. The molecule has 1 aliphatic rings. The maximum atomic E-state index is 11.0. The van der Waals surface area contributed by atoms with E-state index in [2.05, 4.69) is 19.2 Å². The first kappa shape index (κ1) is 13.4. The lowest BCUT2D eigenvalue weighted by atomic mass is 9.67. The zero-order chi connectivity index (χ0) is 13.2. The number of hydrogen-bond donors (Lipinski definition) is 2. The molecule has 3 nitrogen and oxygen atoms in total. The quantitative estimate of drug-likeness (QED) is 0.863. The summed E-state index contributed by atoms with van der Waals surface area (Å²) in [4.78, 5) is 0. The van der Waals surface area contributed by atoms with Crippen LogP contribution in [0.1, 0.15) is 32.8 Å². The van der Waals surface area contributed by atoms with Crippen LogP contribution in [0.4, 0.5) is 0 Å². The highest BCUT2D eigenvalue weighted by Gasteiger charge is 2.46. The number of benzene rings is 1. The van der Waals surface area contributed by atoms with E-state index in [0.717, 1.165) is 30.8 Å². The molecule has 1 aromatic carbocycles. The van der Waals surface area contributed by atoms with Gasteiger partial charge in [0, 0.05) is 12.0 Å².